The number of amides is 1. The van der Waals surface area contributed by atoms with Crippen molar-refractivity contribution >= 4 is 5.91 Å². The Kier molecular flexibility index (Phi) is 5.02. The summed E-state index contributed by atoms with van der Waals surface area (Å²) < 4.78 is 0. The molecule has 0 fully saturated rings. The first kappa shape index (κ1) is 14.7. The van der Waals surface area contributed by atoms with Gasteiger partial charge in [0.15, 0.2) is 0 Å². The van der Waals surface area contributed by atoms with E-state index in [1.807, 2.05) is 25.1 Å². The normalized spacial score (nSPS) is 9.62. The Bertz CT molecular complexity index is 701. The lowest BCUT2D eigenvalue weighted by Crippen LogP contribution is -2.23. The zero-order valence-electron chi connectivity index (χ0n) is 11.8. The van der Waals surface area contributed by atoms with Crippen LogP contribution in [0.15, 0.2) is 36.7 Å². The molecule has 0 aliphatic carbocycles. The first-order chi connectivity index (χ1) is 10.2. The molecule has 2 heterocycles. The number of hydrogen-bond donors (Lipinski definition) is 2. The second kappa shape index (κ2) is 7.17. The molecule has 1 amide bonds. The zero-order valence-corrected chi connectivity index (χ0v) is 11.8. The van der Waals surface area contributed by atoms with Crippen LogP contribution >= 0.6 is 0 Å². The average Bonchev–Trinajstić information content (AvgIpc) is 2.51. The fraction of sp³-hybridized carbons (Fsp3) is 0.188. The lowest BCUT2D eigenvalue weighted by atomic mass is 10.2. The van der Waals surface area contributed by atoms with Crippen molar-refractivity contribution in [3.05, 3.63) is 59.2 Å². The third kappa shape index (κ3) is 4.41. The standard InChI is InChI=1S/C16H16N4O/c1-12-4-2-6-15(20-12)11-19-16(21)14-8-13(5-3-7-17)9-18-10-14/h2,4,6,8-10H,7,11,17H2,1H3,(H,19,21). The van der Waals surface area contributed by atoms with Crippen LogP contribution in [-0.4, -0.2) is 22.4 Å². The van der Waals surface area contributed by atoms with Crippen LogP contribution in [-0.2, 0) is 6.54 Å². The summed E-state index contributed by atoms with van der Waals surface area (Å²) >= 11 is 0. The van der Waals surface area contributed by atoms with Gasteiger partial charge in [-0.15, -0.1) is 0 Å². The van der Waals surface area contributed by atoms with Gasteiger partial charge < -0.3 is 11.1 Å². The van der Waals surface area contributed by atoms with Gasteiger partial charge >= 0.3 is 0 Å². The quantitative estimate of drug-likeness (QED) is 0.823. The molecule has 2 aromatic rings. The second-order valence-electron chi connectivity index (χ2n) is 4.42. The van der Waals surface area contributed by atoms with E-state index in [9.17, 15) is 4.79 Å². The summed E-state index contributed by atoms with van der Waals surface area (Å²) in [6, 6.07) is 7.38. The molecule has 0 spiro atoms. The molecule has 3 N–H and O–H groups in total. The Balaban J connectivity index is 2.03. The highest BCUT2D eigenvalue weighted by Crippen LogP contribution is 2.03. The smallest absolute Gasteiger partial charge is 0.253 e. The zero-order chi connectivity index (χ0) is 15.1. The summed E-state index contributed by atoms with van der Waals surface area (Å²) in [6.45, 7) is 2.56. The molecule has 0 saturated heterocycles. The first-order valence-electron chi connectivity index (χ1n) is 6.54. The summed E-state index contributed by atoms with van der Waals surface area (Å²) in [5.74, 6) is 5.38. The van der Waals surface area contributed by atoms with Crippen LogP contribution in [0, 0.1) is 18.8 Å². The predicted molar refractivity (Wildman–Crippen MR) is 80.3 cm³/mol. The number of nitrogens with zero attached hydrogens (tertiary/aromatic N) is 2. The number of carbonyl (C=O) groups excluding carboxylic acids is 1. The Morgan fingerprint density at radius 1 is 1.38 bits per heavy atom. The van der Waals surface area contributed by atoms with E-state index in [-0.39, 0.29) is 12.5 Å². The van der Waals surface area contributed by atoms with Crippen molar-refractivity contribution in [1.29, 1.82) is 0 Å². The summed E-state index contributed by atoms with van der Waals surface area (Å²) in [6.07, 6.45) is 3.11. The largest absolute Gasteiger partial charge is 0.346 e. The minimum atomic E-state index is -0.206. The van der Waals surface area contributed by atoms with E-state index in [1.165, 1.54) is 6.20 Å². The molecule has 0 saturated carbocycles. The van der Waals surface area contributed by atoms with Gasteiger partial charge in [-0.25, -0.2) is 0 Å². The van der Waals surface area contributed by atoms with Gasteiger partial charge in [-0.1, -0.05) is 17.9 Å². The molecule has 2 rings (SSSR count). The maximum Gasteiger partial charge on any atom is 0.253 e. The highest BCUT2D eigenvalue weighted by Gasteiger charge is 2.06. The van der Waals surface area contributed by atoms with Gasteiger partial charge in [-0.05, 0) is 25.1 Å². The molecular weight excluding hydrogens is 264 g/mol. The Morgan fingerprint density at radius 2 is 2.24 bits per heavy atom. The summed E-state index contributed by atoms with van der Waals surface area (Å²) in [7, 11) is 0. The molecule has 5 heteroatoms. The number of pyridine rings is 2. The van der Waals surface area contributed by atoms with E-state index in [0.29, 0.717) is 17.7 Å². The van der Waals surface area contributed by atoms with E-state index >= 15 is 0 Å². The fourth-order valence-electron chi connectivity index (χ4n) is 1.76. The number of carbonyl (C=O) groups is 1. The lowest BCUT2D eigenvalue weighted by Gasteiger charge is -2.05. The van der Waals surface area contributed by atoms with Gasteiger partial charge in [0.05, 0.1) is 24.3 Å². The molecule has 0 radical (unpaired) electrons. The van der Waals surface area contributed by atoms with Gasteiger partial charge in [0.2, 0.25) is 0 Å². The van der Waals surface area contributed by atoms with E-state index in [4.69, 9.17) is 5.73 Å². The van der Waals surface area contributed by atoms with Crippen LogP contribution in [0.2, 0.25) is 0 Å². The van der Waals surface area contributed by atoms with Crippen molar-refractivity contribution in [2.75, 3.05) is 6.54 Å². The number of aromatic nitrogens is 2. The summed E-state index contributed by atoms with van der Waals surface area (Å²) in [4.78, 5) is 20.4. The maximum atomic E-state index is 12.1. The highest BCUT2D eigenvalue weighted by molar-refractivity contribution is 5.94. The molecule has 0 aromatic carbocycles. The van der Waals surface area contributed by atoms with Gasteiger partial charge in [-0.3, -0.25) is 14.8 Å². The SMILES string of the molecule is Cc1cccc(CNC(=O)c2cncc(C#CCN)c2)n1. The van der Waals surface area contributed by atoms with Crippen LogP contribution < -0.4 is 11.1 Å². The third-order valence-corrected chi connectivity index (χ3v) is 2.71. The average molecular weight is 280 g/mol. The molecule has 106 valence electrons. The van der Waals surface area contributed by atoms with E-state index in [2.05, 4.69) is 27.1 Å². The van der Waals surface area contributed by atoms with Crippen molar-refractivity contribution in [1.82, 2.24) is 15.3 Å². The number of hydrogen-bond acceptors (Lipinski definition) is 4. The molecular formula is C16H16N4O. The lowest BCUT2D eigenvalue weighted by molar-refractivity contribution is 0.0950. The van der Waals surface area contributed by atoms with Crippen LogP contribution in [0.1, 0.15) is 27.3 Å². The topological polar surface area (TPSA) is 80.9 Å². The molecule has 0 aliphatic rings. The van der Waals surface area contributed by atoms with Gasteiger partial charge in [-0.2, -0.15) is 0 Å². The van der Waals surface area contributed by atoms with E-state index < -0.39 is 0 Å². The molecule has 0 aliphatic heterocycles. The molecule has 21 heavy (non-hydrogen) atoms. The van der Waals surface area contributed by atoms with Gasteiger partial charge in [0.1, 0.15) is 0 Å². The Hall–Kier alpha value is -2.71. The molecule has 0 unspecified atom stereocenters. The van der Waals surface area contributed by atoms with Crippen molar-refractivity contribution in [3.8, 4) is 11.8 Å². The number of nitrogens with two attached hydrogens (primary N) is 1. The monoisotopic (exact) mass is 280 g/mol. The van der Waals surface area contributed by atoms with Gasteiger partial charge in [0, 0.05) is 23.7 Å². The van der Waals surface area contributed by atoms with Crippen molar-refractivity contribution in [2.45, 2.75) is 13.5 Å². The summed E-state index contributed by atoms with van der Waals surface area (Å²) in [5, 5.41) is 2.81. The second-order valence-corrected chi connectivity index (χ2v) is 4.42. The van der Waals surface area contributed by atoms with Crippen molar-refractivity contribution in [2.24, 2.45) is 5.73 Å². The number of rotatable bonds is 3. The van der Waals surface area contributed by atoms with Crippen LogP contribution in [0.25, 0.3) is 0 Å². The first-order valence-corrected chi connectivity index (χ1v) is 6.54. The van der Waals surface area contributed by atoms with Crippen LogP contribution in [0.4, 0.5) is 0 Å². The number of nitrogens with one attached hydrogen (secondary N) is 1. The Morgan fingerprint density at radius 3 is 3.00 bits per heavy atom. The minimum absolute atomic E-state index is 0.206. The van der Waals surface area contributed by atoms with E-state index in [0.717, 1.165) is 11.4 Å². The molecule has 0 bridgehead atoms. The maximum absolute atomic E-state index is 12.1. The third-order valence-electron chi connectivity index (χ3n) is 2.71. The molecule has 5 nitrogen and oxygen atoms in total. The summed E-state index contributed by atoms with van der Waals surface area (Å²) in [5.41, 5.74) is 8.19. The van der Waals surface area contributed by atoms with Gasteiger partial charge in [0.25, 0.3) is 5.91 Å². The van der Waals surface area contributed by atoms with Crippen LogP contribution in [0.3, 0.4) is 0 Å². The van der Waals surface area contributed by atoms with Crippen molar-refractivity contribution in [3.63, 3.8) is 0 Å². The highest BCUT2D eigenvalue weighted by atomic mass is 16.1. The molecule has 0 atom stereocenters. The minimum Gasteiger partial charge on any atom is -0.346 e. The van der Waals surface area contributed by atoms with Crippen molar-refractivity contribution < 1.29 is 4.79 Å². The van der Waals surface area contributed by atoms with E-state index in [1.54, 1.807) is 12.3 Å². The molecule has 2 aromatic heterocycles. The van der Waals surface area contributed by atoms with Crippen LogP contribution in [0.5, 0.6) is 0 Å². The fourth-order valence-corrected chi connectivity index (χ4v) is 1.76. The Labute approximate surface area is 123 Å². The predicted octanol–water partition coefficient (Wildman–Crippen LogP) is 1.03. The number of aryl methyl sites for hydroxylation is 1.